The molecule has 4 nitrogen and oxygen atoms in total. The Balaban J connectivity index is 2.24. The van der Waals surface area contributed by atoms with Gasteiger partial charge in [-0.3, -0.25) is 9.69 Å². The van der Waals surface area contributed by atoms with Gasteiger partial charge >= 0.3 is 5.97 Å². The van der Waals surface area contributed by atoms with E-state index in [1.165, 1.54) is 4.88 Å². The van der Waals surface area contributed by atoms with Crippen LogP contribution in [0.5, 0.6) is 0 Å². The van der Waals surface area contributed by atoms with Crippen molar-refractivity contribution in [3.63, 3.8) is 0 Å². The van der Waals surface area contributed by atoms with E-state index in [4.69, 9.17) is 0 Å². The van der Waals surface area contributed by atoms with Crippen molar-refractivity contribution in [3.8, 4) is 0 Å². The summed E-state index contributed by atoms with van der Waals surface area (Å²) in [5.74, 6) is -0.741. The van der Waals surface area contributed by atoms with Crippen LogP contribution in [0, 0.1) is 0 Å². The Hall–Kier alpha value is -0.910. The summed E-state index contributed by atoms with van der Waals surface area (Å²) < 4.78 is 0. The minimum absolute atomic E-state index is 0.0757. The zero-order chi connectivity index (χ0) is 14.8. The fraction of sp³-hybridized carbons (Fsp3) is 0.667. The zero-order valence-electron chi connectivity index (χ0n) is 12.5. The molecule has 1 saturated heterocycles. The molecule has 0 aliphatic carbocycles. The minimum Gasteiger partial charge on any atom is -0.480 e. The molecule has 2 rings (SSSR count). The van der Waals surface area contributed by atoms with Gasteiger partial charge in [0.15, 0.2) is 0 Å². The van der Waals surface area contributed by atoms with Crippen molar-refractivity contribution >= 4 is 17.3 Å². The smallest absolute Gasteiger partial charge is 0.326 e. The first-order valence-corrected chi connectivity index (χ1v) is 7.99. The lowest BCUT2D eigenvalue weighted by Gasteiger charge is -2.26. The van der Waals surface area contributed by atoms with Crippen LogP contribution in [0.3, 0.4) is 0 Å². The summed E-state index contributed by atoms with van der Waals surface area (Å²) in [6.45, 7) is 9.95. The Morgan fingerprint density at radius 1 is 1.35 bits per heavy atom. The van der Waals surface area contributed by atoms with Gasteiger partial charge in [-0.15, -0.1) is 11.3 Å². The van der Waals surface area contributed by atoms with E-state index in [0.29, 0.717) is 0 Å². The van der Waals surface area contributed by atoms with Crippen molar-refractivity contribution < 1.29 is 9.90 Å². The lowest BCUT2D eigenvalue weighted by atomic mass is 9.95. The number of carbonyl (C=O) groups is 1. The van der Waals surface area contributed by atoms with Gasteiger partial charge in [0, 0.05) is 29.4 Å². The summed E-state index contributed by atoms with van der Waals surface area (Å²) in [5, 5.41) is 12.9. The second kappa shape index (κ2) is 6.24. The summed E-state index contributed by atoms with van der Waals surface area (Å²) in [6.07, 6.45) is 1.00. The van der Waals surface area contributed by atoms with Crippen LogP contribution in [-0.4, -0.2) is 42.2 Å². The predicted molar refractivity (Wildman–Crippen MR) is 82.5 cm³/mol. The van der Waals surface area contributed by atoms with Crippen LogP contribution in [-0.2, 0) is 10.2 Å². The molecule has 0 radical (unpaired) electrons. The van der Waals surface area contributed by atoms with Crippen molar-refractivity contribution in [1.82, 2.24) is 10.2 Å². The average molecular weight is 296 g/mol. The van der Waals surface area contributed by atoms with E-state index in [0.717, 1.165) is 37.5 Å². The molecule has 1 aliphatic rings. The molecule has 1 fully saturated rings. The van der Waals surface area contributed by atoms with Crippen LogP contribution in [0.15, 0.2) is 12.1 Å². The lowest BCUT2D eigenvalue weighted by Crippen LogP contribution is -2.36. The number of thiophene rings is 1. The molecule has 2 N–H and O–H groups in total. The van der Waals surface area contributed by atoms with E-state index < -0.39 is 12.0 Å². The van der Waals surface area contributed by atoms with Gasteiger partial charge < -0.3 is 10.4 Å². The van der Waals surface area contributed by atoms with Crippen molar-refractivity contribution in [2.75, 3.05) is 26.2 Å². The molecular weight excluding hydrogens is 272 g/mol. The van der Waals surface area contributed by atoms with Crippen molar-refractivity contribution in [1.29, 1.82) is 0 Å². The highest BCUT2D eigenvalue weighted by molar-refractivity contribution is 7.12. The molecule has 20 heavy (non-hydrogen) atoms. The number of aliphatic carboxylic acids is 1. The van der Waals surface area contributed by atoms with Crippen LogP contribution in [0.2, 0.25) is 0 Å². The fourth-order valence-corrected chi connectivity index (χ4v) is 3.68. The van der Waals surface area contributed by atoms with Crippen LogP contribution in [0.1, 0.15) is 43.0 Å². The number of carboxylic acid groups (broad SMARTS) is 1. The first-order chi connectivity index (χ1) is 9.39. The highest BCUT2D eigenvalue weighted by atomic mass is 32.1. The van der Waals surface area contributed by atoms with Gasteiger partial charge in [-0.2, -0.15) is 0 Å². The highest BCUT2D eigenvalue weighted by Gasteiger charge is 2.30. The molecule has 0 aromatic carbocycles. The maximum absolute atomic E-state index is 11.7. The SMILES string of the molecule is CC(C)(C)c1ccc(C(C(=O)O)N2CCCNCC2)s1. The molecule has 0 bridgehead atoms. The predicted octanol–water partition coefficient (Wildman–Crippen LogP) is 2.47. The van der Waals surface area contributed by atoms with Crippen LogP contribution in [0.25, 0.3) is 0 Å². The van der Waals surface area contributed by atoms with Crippen LogP contribution < -0.4 is 5.32 Å². The molecule has 2 heterocycles. The third kappa shape index (κ3) is 3.59. The van der Waals surface area contributed by atoms with Crippen LogP contribution in [0.4, 0.5) is 0 Å². The standard InChI is InChI=1S/C15H24N2O2S/c1-15(2,3)12-6-5-11(20-12)13(14(18)19)17-9-4-7-16-8-10-17/h5-6,13,16H,4,7-10H2,1-3H3,(H,18,19). The van der Waals surface area contributed by atoms with Gasteiger partial charge in [0.25, 0.3) is 0 Å². The van der Waals surface area contributed by atoms with Gasteiger partial charge in [0.2, 0.25) is 0 Å². The molecule has 1 aromatic heterocycles. The topological polar surface area (TPSA) is 52.6 Å². The molecule has 1 aromatic rings. The van der Waals surface area contributed by atoms with Gasteiger partial charge in [-0.25, -0.2) is 0 Å². The maximum atomic E-state index is 11.7. The lowest BCUT2D eigenvalue weighted by molar-refractivity contribution is -0.143. The van der Waals surface area contributed by atoms with E-state index in [-0.39, 0.29) is 5.41 Å². The Bertz CT molecular complexity index is 457. The fourth-order valence-electron chi connectivity index (χ4n) is 2.49. The summed E-state index contributed by atoms with van der Waals surface area (Å²) in [4.78, 5) is 16.0. The molecule has 0 saturated carbocycles. The third-order valence-electron chi connectivity index (χ3n) is 3.61. The number of rotatable bonds is 3. The molecule has 0 spiro atoms. The summed E-state index contributed by atoms with van der Waals surface area (Å²) in [5.41, 5.74) is 0.0757. The zero-order valence-corrected chi connectivity index (χ0v) is 13.3. The Morgan fingerprint density at radius 2 is 2.10 bits per heavy atom. The van der Waals surface area contributed by atoms with Gasteiger partial charge in [-0.05, 0) is 30.5 Å². The molecule has 5 heteroatoms. The monoisotopic (exact) mass is 296 g/mol. The number of carboxylic acids is 1. The van der Waals surface area contributed by atoms with Crippen LogP contribution >= 0.6 is 11.3 Å². The van der Waals surface area contributed by atoms with E-state index in [1.54, 1.807) is 11.3 Å². The largest absolute Gasteiger partial charge is 0.480 e. The Kier molecular flexibility index (Phi) is 4.83. The van der Waals surface area contributed by atoms with Gasteiger partial charge in [0.1, 0.15) is 6.04 Å². The average Bonchev–Trinajstić information content (AvgIpc) is 2.67. The van der Waals surface area contributed by atoms with E-state index in [9.17, 15) is 9.90 Å². The van der Waals surface area contributed by atoms with Gasteiger partial charge in [-0.1, -0.05) is 20.8 Å². The van der Waals surface area contributed by atoms with E-state index in [2.05, 4.69) is 37.1 Å². The number of hydrogen-bond acceptors (Lipinski definition) is 4. The second-order valence-corrected chi connectivity index (χ2v) is 7.45. The quantitative estimate of drug-likeness (QED) is 0.899. The molecular formula is C15H24N2O2S. The van der Waals surface area contributed by atoms with Crippen molar-refractivity contribution in [2.24, 2.45) is 0 Å². The maximum Gasteiger partial charge on any atom is 0.326 e. The second-order valence-electron chi connectivity index (χ2n) is 6.33. The van der Waals surface area contributed by atoms with E-state index in [1.807, 2.05) is 6.07 Å². The molecule has 0 amide bonds. The summed E-state index contributed by atoms with van der Waals surface area (Å²) in [6, 6.07) is 3.56. The summed E-state index contributed by atoms with van der Waals surface area (Å²) in [7, 11) is 0. The highest BCUT2D eigenvalue weighted by Crippen LogP contribution is 2.34. The number of nitrogens with one attached hydrogen (secondary N) is 1. The Labute approximate surface area is 124 Å². The first-order valence-electron chi connectivity index (χ1n) is 7.17. The molecule has 1 atom stereocenters. The molecule has 1 unspecified atom stereocenters. The third-order valence-corrected chi connectivity index (χ3v) is 5.17. The molecule has 112 valence electrons. The van der Waals surface area contributed by atoms with Crippen molar-refractivity contribution in [2.45, 2.75) is 38.6 Å². The normalized spacial score (nSPS) is 19.6. The Morgan fingerprint density at radius 3 is 2.70 bits per heavy atom. The first kappa shape index (κ1) is 15.5. The minimum atomic E-state index is -0.741. The molecule has 1 aliphatic heterocycles. The van der Waals surface area contributed by atoms with Gasteiger partial charge in [0.05, 0.1) is 0 Å². The number of nitrogens with zero attached hydrogens (tertiary/aromatic N) is 1. The van der Waals surface area contributed by atoms with E-state index >= 15 is 0 Å². The number of hydrogen-bond donors (Lipinski definition) is 2. The van der Waals surface area contributed by atoms with Crippen molar-refractivity contribution in [3.05, 3.63) is 21.9 Å². The summed E-state index contributed by atoms with van der Waals surface area (Å²) >= 11 is 1.63.